The van der Waals surface area contributed by atoms with Crippen LogP contribution in [0.25, 0.3) is 11.2 Å². The van der Waals surface area contributed by atoms with Gasteiger partial charge in [0.05, 0.1) is 18.0 Å². The number of nitrogens with one attached hydrogen (secondary N) is 2. The lowest BCUT2D eigenvalue weighted by atomic mass is 9.75. The van der Waals surface area contributed by atoms with E-state index < -0.39 is 17.3 Å². The van der Waals surface area contributed by atoms with Crippen LogP contribution < -0.4 is 10.9 Å². The van der Waals surface area contributed by atoms with Gasteiger partial charge in [-0.05, 0) is 23.6 Å². The predicted molar refractivity (Wildman–Crippen MR) is 162 cm³/mol. The van der Waals surface area contributed by atoms with Crippen molar-refractivity contribution in [2.24, 2.45) is 5.92 Å². The van der Waals surface area contributed by atoms with Crippen LogP contribution in [0.3, 0.4) is 0 Å². The molecule has 1 fully saturated rings. The van der Waals surface area contributed by atoms with Gasteiger partial charge in [0.15, 0.2) is 11.2 Å². The Morgan fingerprint density at radius 3 is 2.00 bits per heavy atom. The van der Waals surface area contributed by atoms with Gasteiger partial charge in [0, 0.05) is 19.0 Å². The Hall–Kier alpha value is -4.60. The van der Waals surface area contributed by atoms with Crippen molar-refractivity contribution in [3.63, 3.8) is 0 Å². The molecular formula is C33H34N6O3. The van der Waals surface area contributed by atoms with Gasteiger partial charge in [-0.2, -0.15) is 4.98 Å². The Bertz CT molecular complexity index is 1640. The number of carbonyl (C=O) groups is 1. The molecule has 6 rings (SSSR count). The Balaban J connectivity index is 1.49. The first kappa shape index (κ1) is 27.6. The molecule has 214 valence electrons. The van der Waals surface area contributed by atoms with Crippen LogP contribution in [0.1, 0.15) is 43.7 Å². The topological polar surface area (TPSA) is 105 Å². The molecule has 0 radical (unpaired) electrons. The first-order chi connectivity index (χ1) is 20.4. The fourth-order valence-electron chi connectivity index (χ4n) is 5.90. The smallest absolute Gasteiger partial charge is 0.280 e. The van der Waals surface area contributed by atoms with Crippen molar-refractivity contribution in [2.75, 3.05) is 18.4 Å². The van der Waals surface area contributed by atoms with Crippen LogP contribution in [-0.4, -0.2) is 49.5 Å². The normalized spacial score (nSPS) is 17.9. The van der Waals surface area contributed by atoms with Crippen LogP contribution in [0.4, 0.5) is 5.95 Å². The molecule has 2 aromatic heterocycles. The number of ether oxygens (including phenoxy) is 1. The van der Waals surface area contributed by atoms with Crippen LogP contribution in [-0.2, 0) is 15.1 Å². The van der Waals surface area contributed by atoms with Crippen molar-refractivity contribution in [3.05, 3.63) is 124 Å². The van der Waals surface area contributed by atoms with Gasteiger partial charge in [-0.1, -0.05) is 105 Å². The van der Waals surface area contributed by atoms with E-state index in [-0.39, 0.29) is 29.4 Å². The molecule has 42 heavy (non-hydrogen) atoms. The monoisotopic (exact) mass is 562 g/mol. The van der Waals surface area contributed by atoms with E-state index in [0.29, 0.717) is 18.7 Å². The van der Waals surface area contributed by atoms with E-state index in [2.05, 4.69) is 105 Å². The van der Waals surface area contributed by atoms with Gasteiger partial charge >= 0.3 is 0 Å². The quantitative estimate of drug-likeness (QED) is 0.273. The molecule has 2 atom stereocenters. The maximum atomic E-state index is 12.9. The third-order valence-corrected chi connectivity index (χ3v) is 7.80. The summed E-state index contributed by atoms with van der Waals surface area (Å²) in [6.45, 7) is 6.75. The van der Waals surface area contributed by atoms with Crippen LogP contribution in [0, 0.1) is 5.92 Å². The third kappa shape index (κ3) is 4.91. The zero-order valence-corrected chi connectivity index (χ0v) is 23.9. The summed E-state index contributed by atoms with van der Waals surface area (Å²) in [6.07, 6.45) is 0.938. The number of morpholine rings is 1. The van der Waals surface area contributed by atoms with Crippen LogP contribution in [0.2, 0.25) is 0 Å². The largest absolute Gasteiger partial charge is 0.352 e. The number of carbonyl (C=O) groups excluding carboxylic acids is 1. The number of H-pyrrole nitrogens is 1. The molecule has 0 unspecified atom stereocenters. The maximum Gasteiger partial charge on any atom is 0.280 e. The number of amides is 1. The van der Waals surface area contributed by atoms with Crippen molar-refractivity contribution in [3.8, 4) is 0 Å². The number of hydrogen-bond donors (Lipinski definition) is 2. The molecule has 9 heteroatoms. The summed E-state index contributed by atoms with van der Waals surface area (Å²) in [7, 11) is 0. The number of hydrogen-bond acceptors (Lipinski definition) is 6. The molecule has 2 N–H and O–H groups in total. The summed E-state index contributed by atoms with van der Waals surface area (Å²) in [6, 6.07) is 31.6. The van der Waals surface area contributed by atoms with E-state index in [4.69, 9.17) is 4.74 Å². The highest BCUT2D eigenvalue weighted by Gasteiger charge is 2.45. The summed E-state index contributed by atoms with van der Waals surface area (Å²) in [5.74, 6) is -0.425. The maximum absolute atomic E-state index is 12.9. The number of benzene rings is 3. The van der Waals surface area contributed by atoms with Gasteiger partial charge in [-0.15, -0.1) is 0 Å². The number of nitrogens with zero attached hydrogens (tertiary/aromatic N) is 4. The lowest BCUT2D eigenvalue weighted by molar-refractivity contribution is -0.128. The molecule has 0 bridgehead atoms. The van der Waals surface area contributed by atoms with E-state index in [1.807, 2.05) is 18.2 Å². The Labute approximate surface area is 244 Å². The Morgan fingerprint density at radius 2 is 1.48 bits per heavy atom. The Kier molecular flexibility index (Phi) is 7.45. The van der Waals surface area contributed by atoms with Crippen molar-refractivity contribution >= 4 is 23.0 Å². The minimum atomic E-state index is -0.627. The molecule has 0 saturated carbocycles. The summed E-state index contributed by atoms with van der Waals surface area (Å²) in [5.41, 5.74) is 2.90. The second-order valence-corrected chi connectivity index (χ2v) is 11.0. The molecule has 3 aromatic carbocycles. The molecule has 1 aliphatic heterocycles. The molecule has 1 amide bonds. The number of aromatic nitrogens is 4. The highest BCUT2D eigenvalue weighted by atomic mass is 16.5. The second-order valence-electron chi connectivity index (χ2n) is 11.0. The second kappa shape index (κ2) is 11.3. The van der Waals surface area contributed by atoms with Crippen molar-refractivity contribution in [1.29, 1.82) is 0 Å². The third-order valence-electron chi connectivity index (χ3n) is 7.80. The molecule has 1 aliphatic rings. The number of aromatic amines is 1. The van der Waals surface area contributed by atoms with E-state index in [0.717, 1.165) is 16.7 Å². The average Bonchev–Trinajstić information content (AvgIpc) is 3.44. The fourth-order valence-corrected chi connectivity index (χ4v) is 5.90. The van der Waals surface area contributed by atoms with Crippen LogP contribution in [0.5, 0.6) is 0 Å². The van der Waals surface area contributed by atoms with Crippen LogP contribution in [0.15, 0.2) is 102 Å². The highest BCUT2D eigenvalue weighted by molar-refractivity contribution is 5.91. The average molecular weight is 563 g/mol. The number of rotatable bonds is 7. The van der Waals surface area contributed by atoms with Gasteiger partial charge in [0.2, 0.25) is 11.9 Å². The summed E-state index contributed by atoms with van der Waals surface area (Å²) in [5, 5.41) is 2.70. The van der Waals surface area contributed by atoms with Crippen molar-refractivity contribution in [1.82, 2.24) is 24.4 Å². The van der Waals surface area contributed by atoms with Gasteiger partial charge in [-0.25, -0.2) is 4.98 Å². The minimum Gasteiger partial charge on any atom is -0.352 e. The van der Waals surface area contributed by atoms with Gasteiger partial charge < -0.3 is 4.74 Å². The molecular weight excluding hydrogens is 528 g/mol. The highest BCUT2D eigenvalue weighted by Crippen LogP contribution is 2.44. The zero-order chi connectivity index (χ0) is 29.3. The van der Waals surface area contributed by atoms with Gasteiger partial charge in [-0.3, -0.25) is 29.4 Å². The van der Waals surface area contributed by atoms with Crippen molar-refractivity contribution < 1.29 is 9.53 Å². The van der Waals surface area contributed by atoms with Gasteiger partial charge in [0.25, 0.3) is 5.56 Å². The molecule has 9 nitrogen and oxygen atoms in total. The molecule has 3 heterocycles. The lowest BCUT2D eigenvalue weighted by Gasteiger charge is -2.50. The molecule has 0 spiro atoms. The summed E-state index contributed by atoms with van der Waals surface area (Å²) < 4.78 is 8.31. The Morgan fingerprint density at radius 1 is 0.929 bits per heavy atom. The fraction of sp³-hybridized carbons (Fsp3) is 0.273. The molecule has 1 saturated heterocycles. The van der Waals surface area contributed by atoms with Gasteiger partial charge in [0.1, 0.15) is 6.23 Å². The standard InChI is InChI=1S/C33H34N6O3/c1-22(2)30(40)36-32-35-29-28(31(41)37-32)34-21-39(29)27-20-38(19-23(3)42-27)33(24-13-7-4-8-14-24,25-15-9-5-10-16-25)26-17-11-6-12-18-26/h4-18,21-23,27H,19-20H2,1-3H3,(H2,35,36,37,40,41)/t23-,27+/m0/s1. The number of fused-ring (bicyclic) bond motifs is 1. The summed E-state index contributed by atoms with van der Waals surface area (Å²) in [4.78, 5) is 39.3. The number of imidazole rings is 1. The first-order valence-electron chi connectivity index (χ1n) is 14.2. The van der Waals surface area contributed by atoms with E-state index >= 15 is 0 Å². The molecule has 5 aromatic rings. The summed E-state index contributed by atoms with van der Waals surface area (Å²) >= 11 is 0. The van der Waals surface area contributed by atoms with E-state index in [9.17, 15) is 9.59 Å². The molecule has 0 aliphatic carbocycles. The predicted octanol–water partition coefficient (Wildman–Crippen LogP) is 4.93. The number of anilines is 1. The van der Waals surface area contributed by atoms with Crippen molar-refractivity contribution in [2.45, 2.75) is 38.6 Å². The SMILES string of the molecule is CC(C)C(=O)Nc1nc2c(ncn2[C@H]2CN(C(c3ccccc3)(c3ccccc3)c3ccccc3)C[C@H](C)O2)c(=O)[nH]1. The minimum absolute atomic E-state index is 0.0841. The first-order valence-corrected chi connectivity index (χ1v) is 14.2. The zero-order valence-electron chi connectivity index (χ0n) is 23.9. The van der Waals surface area contributed by atoms with E-state index in [1.165, 1.54) is 0 Å². The van der Waals surface area contributed by atoms with E-state index in [1.54, 1.807) is 24.7 Å². The lowest BCUT2D eigenvalue weighted by Crippen LogP contribution is -2.56. The van der Waals surface area contributed by atoms with Crippen LogP contribution >= 0.6 is 0 Å².